The van der Waals surface area contributed by atoms with Crippen molar-refractivity contribution in [3.05, 3.63) is 57.8 Å². The van der Waals surface area contributed by atoms with Crippen LogP contribution in [0.1, 0.15) is 52.7 Å². The molecule has 2 rings (SSSR count). The Hall–Kier alpha value is -1.88. The van der Waals surface area contributed by atoms with Crippen LogP contribution in [0.5, 0.6) is 0 Å². The van der Waals surface area contributed by atoms with Crippen molar-refractivity contribution < 1.29 is 9.59 Å². The van der Waals surface area contributed by atoms with Crippen molar-refractivity contribution in [1.82, 2.24) is 10.3 Å². The normalized spacial score (nSPS) is 12.0. The van der Waals surface area contributed by atoms with E-state index >= 15 is 0 Å². The van der Waals surface area contributed by atoms with Gasteiger partial charge in [0, 0.05) is 16.2 Å². The number of carbonyl (C=O) groups is 2. The van der Waals surface area contributed by atoms with Gasteiger partial charge in [-0.1, -0.05) is 35.0 Å². The number of carbonyl (C=O) groups excluding carboxylic acids is 2. The van der Waals surface area contributed by atoms with E-state index in [0.29, 0.717) is 11.3 Å². The summed E-state index contributed by atoms with van der Waals surface area (Å²) in [6.07, 6.45) is 2.34. The number of nitrogens with one attached hydrogen (secondary N) is 2. The average molecular weight is 349 g/mol. The summed E-state index contributed by atoms with van der Waals surface area (Å²) >= 11 is 3.40. The third-order valence-electron chi connectivity index (χ3n) is 3.32. The highest BCUT2D eigenvalue weighted by Gasteiger charge is 2.16. The number of H-pyrrole nitrogens is 1. The molecular formula is C16H17BrN2O2. The molecule has 0 bridgehead atoms. The van der Waals surface area contributed by atoms with E-state index in [1.165, 1.54) is 6.92 Å². The molecule has 0 saturated heterocycles. The fourth-order valence-corrected chi connectivity index (χ4v) is 2.35. The van der Waals surface area contributed by atoms with E-state index in [0.717, 1.165) is 16.5 Å². The quantitative estimate of drug-likeness (QED) is 0.805. The number of rotatable bonds is 5. The first kappa shape index (κ1) is 15.5. The van der Waals surface area contributed by atoms with Crippen LogP contribution in [0, 0.1) is 0 Å². The van der Waals surface area contributed by atoms with Crippen molar-refractivity contribution in [1.29, 1.82) is 0 Å². The lowest BCUT2D eigenvalue weighted by Crippen LogP contribution is -2.28. The molecule has 1 unspecified atom stereocenters. The van der Waals surface area contributed by atoms with Gasteiger partial charge in [-0.05, 0) is 37.1 Å². The molecule has 1 amide bonds. The molecule has 0 saturated carbocycles. The summed E-state index contributed by atoms with van der Waals surface area (Å²) in [4.78, 5) is 26.3. The van der Waals surface area contributed by atoms with Gasteiger partial charge in [-0.3, -0.25) is 9.59 Å². The number of hydrogen-bond donors (Lipinski definition) is 2. The molecule has 110 valence electrons. The van der Waals surface area contributed by atoms with Gasteiger partial charge in [0.05, 0.1) is 6.04 Å². The Morgan fingerprint density at radius 1 is 1.29 bits per heavy atom. The van der Waals surface area contributed by atoms with Crippen molar-refractivity contribution in [3.8, 4) is 0 Å². The van der Waals surface area contributed by atoms with Crippen LogP contribution in [0.2, 0.25) is 0 Å². The summed E-state index contributed by atoms with van der Waals surface area (Å²) in [6, 6.07) is 9.38. The minimum Gasteiger partial charge on any atom is -0.356 e. The first-order chi connectivity index (χ1) is 10.0. The molecule has 0 aliphatic rings. The Labute approximate surface area is 132 Å². The van der Waals surface area contributed by atoms with Crippen molar-refractivity contribution in [2.45, 2.75) is 26.3 Å². The molecule has 0 spiro atoms. The van der Waals surface area contributed by atoms with Gasteiger partial charge < -0.3 is 10.3 Å². The average Bonchev–Trinajstić information content (AvgIpc) is 2.96. The van der Waals surface area contributed by atoms with E-state index in [4.69, 9.17) is 0 Å². The van der Waals surface area contributed by atoms with Crippen LogP contribution in [0.3, 0.4) is 0 Å². The minimum absolute atomic E-state index is 0.0605. The first-order valence-corrected chi connectivity index (χ1v) is 7.56. The predicted molar refractivity (Wildman–Crippen MR) is 85.4 cm³/mol. The standard InChI is InChI=1S/C16H17BrN2O2/c1-3-14(11-4-6-13(17)7-5-11)19-16(21)15-8-12(9-18-15)10(2)20/h4-9,14,18H,3H2,1-2H3,(H,19,21). The Kier molecular flexibility index (Phi) is 4.96. The van der Waals surface area contributed by atoms with Crippen LogP contribution in [0.4, 0.5) is 0 Å². The van der Waals surface area contributed by atoms with Gasteiger partial charge >= 0.3 is 0 Å². The first-order valence-electron chi connectivity index (χ1n) is 6.77. The Morgan fingerprint density at radius 3 is 2.48 bits per heavy atom. The van der Waals surface area contributed by atoms with Crippen LogP contribution in [-0.4, -0.2) is 16.7 Å². The number of benzene rings is 1. The highest BCUT2D eigenvalue weighted by Crippen LogP contribution is 2.20. The maximum atomic E-state index is 12.2. The van der Waals surface area contributed by atoms with Gasteiger partial charge in [0.2, 0.25) is 0 Å². The fraction of sp³-hybridized carbons (Fsp3) is 0.250. The smallest absolute Gasteiger partial charge is 0.268 e. The van der Waals surface area contributed by atoms with Crippen molar-refractivity contribution in [2.75, 3.05) is 0 Å². The summed E-state index contributed by atoms with van der Waals surface area (Å²) in [5.41, 5.74) is 1.96. The molecule has 0 fully saturated rings. The topological polar surface area (TPSA) is 62.0 Å². The summed E-state index contributed by atoms with van der Waals surface area (Å²) in [5, 5.41) is 2.97. The molecule has 0 aliphatic heterocycles. The van der Waals surface area contributed by atoms with Crippen LogP contribution in [-0.2, 0) is 0 Å². The molecule has 1 aromatic carbocycles. The molecule has 1 atom stereocenters. The van der Waals surface area contributed by atoms with Crippen LogP contribution in [0.15, 0.2) is 41.0 Å². The van der Waals surface area contributed by atoms with E-state index in [9.17, 15) is 9.59 Å². The SMILES string of the molecule is CCC(NC(=O)c1cc(C(C)=O)c[nH]1)c1ccc(Br)cc1. The second-order valence-electron chi connectivity index (χ2n) is 4.84. The largest absolute Gasteiger partial charge is 0.356 e. The zero-order chi connectivity index (χ0) is 15.4. The lowest BCUT2D eigenvalue weighted by atomic mass is 10.0. The third kappa shape index (κ3) is 3.82. The molecule has 1 heterocycles. The van der Waals surface area contributed by atoms with Gasteiger partial charge in [-0.25, -0.2) is 0 Å². The molecule has 0 aliphatic carbocycles. The number of aromatic amines is 1. The van der Waals surface area contributed by atoms with Gasteiger partial charge in [0.1, 0.15) is 5.69 Å². The summed E-state index contributed by atoms with van der Waals surface area (Å²) in [5.74, 6) is -0.275. The molecule has 1 aromatic heterocycles. The van der Waals surface area contributed by atoms with E-state index in [1.54, 1.807) is 12.3 Å². The Morgan fingerprint density at radius 2 is 1.95 bits per heavy atom. The number of Topliss-reactive ketones (excluding diaryl/α,β-unsaturated/α-hetero) is 1. The number of hydrogen-bond acceptors (Lipinski definition) is 2. The fourth-order valence-electron chi connectivity index (χ4n) is 2.08. The third-order valence-corrected chi connectivity index (χ3v) is 3.85. The monoisotopic (exact) mass is 348 g/mol. The highest BCUT2D eigenvalue weighted by molar-refractivity contribution is 9.10. The second-order valence-corrected chi connectivity index (χ2v) is 5.76. The number of ketones is 1. The van der Waals surface area contributed by atoms with Crippen molar-refractivity contribution in [2.24, 2.45) is 0 Å². The van der Waals surface area contributed by atoms with E-state index in [1.807, 2.05) is 31.2 Å². The van der Waals surface area contributed by atoms with Crippen LogP contribution >= 0.6 is 15.9 Å². The molecule has 21 heavy (non-hydrogen) atoms. The van der Waals surface area contributed by atoms with Crippen molar-refractivity contribution >= 4 is 27.6 Å². The molecule has 2 aromatic rings. The zero-order valence-corrected chi connectivity index (χ0v) is 13.5. The van der Waals surface area contributed by atoms with E-state index in [2.05, 4.69) is 26.2 Å². The zero-order valence-electron chi connectivity index (χ0n) is 11.9. The molecule has 0 radical (unpaired) electrons. The molecule has 5 heteroatoms. The summed E-state index contributed by atoms with van der Waals surface area (Å²) < 4.78 is 1.00. The second kappa shape index (κ2) is 6.72. The summed E-state index contributed by atoms with van der Waals surface area (Å²) in [6.45, 7) is 3.49. The van der Waals surface area contributed by atoms with Gasteiger partial charge in [-0.2, -0.15) is 0 Å². The molecule has 2 N–H and O–H groups in total. The lowest BCUT2D eigenvalue weighted by molar-refractivity contribution is 0.0931. The number of halogens is 1. The minimum atomic E-state index is -0.211. The number of amides is 1. The Bertz CT molecular complexity index is 647. The highest BCUT2D eigenvalue weighted by atomic mass is 79.9. The van der Waals surface area contributed by atoms with Gasteiger partial charge in [-0.15, -0.1) is 0 Å². The van der Waals surface area contributed by atoms with Crippen LogP contribution in [0.25, 0.3) is 0 Å². The predicted octanol–water partition coefficient (Wildman–Crippen LogP) is 3.86. The maximum absolute atomic E-state index is 12.2. The maximum Gasteiger partial charge on any atom is 0.268 e. The molecule has 4 nitrogen and oxygen atoms in total. The number of aromatic nitrogens is 1. The lowest BCUT2D eigenvalue weighted by Gasteiger charge is -2.17. The van der Waals surface area contributed by atoms with Gasteiger partial charge in [0.15, 0.2) is 5.78 Å². The van der Waals surface area contributed by atoms with E-state index < -0.39 is 0 Å². The van der Waals surface area contributed by atoms with Crippen molar-refractivity contribution in [3.63, 3.8) is 0 Å². The Balaban J connectivity index is 2.12. The molecular weight excluding hydrogens is 332 g/mol. The van der Waals surface area contributed by atoms with Gasteiger partial charge in [0.25, 0.3) is 5.91 Å². The van der Waals surface area contributed by atoms with E-state index in [-0.39, 0.29) is 17.7 Å². The van der Waals surface area contributed by atoms with Crippen LogP contribution < -0.4 is 5.32 Å². The summed E-state index contributed by atoms with van der Waals surface area (Å²) in [7, 11) is 0.